The van der Waals surface area contributed by atoms with Gasteiger partial charge in [-0.2, -0.15) is 18.2 Å². The van der Waals surface area contributed by atoms with Crippen molar-refractivity contribution >= 4 is 23.2 Å². The maximum atomic E-state index is 12.2. The van der Waals surface area contributed by atoms with Crippen molar-refractivity contribution in [1.82, 2.24) is 14.6 Å². The first-order valence-corrected chi connectivity index (χ1v) is 6.94. The van der Waals surface area contributed by atoms with Crippen LogP contribution in [0.1, 0.15) is 5.56 Å². The highest BCUT2D eigenvalue weighted by molar-refractivity contribution is 5.93. The number of hydrogen-bond acceptors (Lipinski definition) is 4. The normalized spacial score (nSPS) is 11.5. The Bertz CT molecular complexity index is 860. The fourth-order valence-electron chi connectivity index (χ4n) is 2.02. The smallest absolute Gasteiger partial charge is 0.381 e. The van der Waals surface area contributed by atoms with Gasteiger partial charge >= 0.3 is 12.1 Å². The van der Waals surface area contributed by atoms with Gasteiger partial charge in [0.1, 0.15) is 0 Å². The average molecular weight is 335 g/mol. The summed E-state index contributed by atoms with van der Waals surface area (Å²) in [7, 11) is 0. The monoisotopic (exact) mass is 335 g/mol. The number of pyridine rings is 1. The predicted octanol–water partition coefficient (Wildman–Crippen LogP) is 2.84. The maximum Gasteiger partial charge on any atom is 0.471 e. The molecule has 3 rings (SSSR count). The molecule has 0 atom stereocenters. The zero-order valence-electron chi connectivity index (χ0n) is 12.2. The number of carbonyl (C=O) groups is 1. The Hall–Kier alpha value is -3.10. The molecule has 6 nitrogen and oxygen atoms in total. The van der Waals surface area contributed by atoms with Gasteiger partial charge in [-0.05, 0) is 11.6 Å². The number of fused-ring (bicyclic) bond motifs is 1. The summed E-state index contributed by atoms with van der Waals surface area (Å²) >= 11 is 0. The van der Waals surface area contributed by atoms with Crippen molar-refractivity contribution in [3.63, 3.8) is 0 Å². The van der Waals surface area contributed by atoms with E-state index in [9.17, 15) is 18.0 Å². The third kappa shape index (κ3) is 3.62. The highest BCUT2D eigenvalue weighted by atomic mass is 19.4. The number of alkyl halides is 3. The van der Waals surface area contributed by atoms with E-state index in [1.54, 1.807) is 23.6 Å². The molecule has 124 valence electrons. The van der Waals surface area contributed by atoms with Gasteiger partial charge < -0.3 is 5.32 Å². The van der Waals surface area contributed by atoms with Crippen LogP contribution in [0.3, 0.4) is 0 Å². The minimum atomic E-state index is -4.99. The van der Waals surface area contributed by atoms with E-state index in [0.29, 0.717) is 12.2 Å². The molecule has 0 aliphatic heterocycles. The lowest BCUT2D eigenvalue weighted by atomic mass is 10.2. The number of halogens is 3. The first-order chi connectivity index (χ1) is 11.4. The Labute approximate surface area is 134 Å². The van der Waals surface area contributed by atoms with Crippen LogP contribution in [0.5, 0.6) is 0 Å². The van der Waals surface area contributed by atoms with E-state index in [1.165, 1.54) is 4.52 Å². The number of anilines is 2. The van der Waals surface area contributed by atoms with Crippen LogP contribution in [0.25, 0.3) is 5.65 Å². The maximum absolute atomic E-state index is 12.2. The van der Waals surface area contributed by atoms with E-state index in [-0.39, 0.29) is 0 Å². The molecule has 0 unspecified atom stereocenters. The molecule has 9 heteroatoms. The van der Waals surface area contributed by atoms with Gasteiger partial charge in [-0.15, -0.1) is 5.10 Å². The molecule has 0 radical (unpaired) electrons. The van der Waals surface area contributed by atoms with Crippen LogP contribution < -0.4 is 10.6 Å². The molecule has 0 saturated carbocycles. The minimum absolute atomic E-state index is 0.311. The number of aromatic nitrogens is 3. The van der Waals surface area contributed by atoms with Crippen molar-refractivity contribution in [3.8, 4) is 0 Å². The Kier molecular flexibility index (Phi) is 4.07. The molecule has 1 aromatic carbocycles. The first-order valence-electron chi connectivity index (χ1n) is 6.94. The van der Waals surface area contributed by atoms with Crippen molar-refractivity contribution in [2.75, 3.05) is 10.6 Å². The van der Waals surface area contributed by atoms with Gasteiger partial charge in [-0.3, -0.25) is 10.1 Å². The third-order valence-corrected chi connectivity index (χ3v) is 3.16. The van der Waals surface area contributed by atoms with E-state index < -0.39 is 18.0 Å². The largest absolute Gasteiger partial charge is 0.471 e. The quantitative estimate of drug-likeness (QED) is 0.769. The van der Waals surface area contributed by atoms with Gasteiger partial charge in [0.05, 0.1) is 0 Å². The summed E-state index contributed by atoms with van der Waals surface area (Å²) in [6.07, 6.45) is -3.45. The van der Waals surface area contributed by atoms with Crippen LogP contribution >= 0.6 is 0 Å². The Morgan fingerprint density at radius 3 is 2.62 bits per heavy atom. The van der Waals surface area contributed by atoms with Crippen molar-refractivity contribution < 1.29 is 18.0 Å². The standard InChI is InChI=1S/C15H12F3N5O/c16-15(17,18)13(24)21-14-20-12-8-11(6-7-23(12)22-14)19-9-10-4-2-1-3-5-10/h1-8,19H,9H2,(H,21,22,24). The first kappa shape index (κ1) is 15.8. The van der Waals surface area contributed by atoms with Gasteiger partial charge in [0, 0.05) is 24.5 Å². The summed E-state index contributed by atoms with van der Waals surface area (Å²) in [5, 5.41) is 8.57. The number of benzene rings is 1. The van der Waals surface area contributed by atoms with Crippen LogP contribution in [-0.2, 0) is 11.3 Å². The number of carbonyl (C=O) groups excluding carboxylic acids is 1. The van der Waals surface area contributed by atoms with E-state index in [2.05, 4.69) is 15.4 Å². The highest BCUT2D eigenvalue weighted by Crippen LogP contribution is 2.18. The van der Waals surface area contributed by atoms with Gasteiger partial charge in [-0.25, -0.2) is 4.52 Å². The van der Waals surface area contributed by atoms with Gasteiger partial charge in [0.25, 0.3) is 0 Å². The van der Waals surface area contributed by atoms with Gasteiger partial charge in [-0.1, -0.05) is 30.3 Å². The second-order valence-electron chi connectivity index (χ2n) is 4.94. The second-order valence-corrected chi connectivity index (χ2v) is 4.94. The number of nitrogens with zero attached hydrogens (tertiary/aromatic N) is 3. The molecule has 0 aliphatic carbocycles. The molecule has 24 heavy (non-hydrogen) atoms. The number of nitrogens with one attached hydrogen (secondary N) is 2. The molecular weight excluding hydrogens is 323 g/mol. The Morgan fingerprint density at radius 1 is 1.17 bits per heavy atom. The zero-order valence-corrected chi connectivity index (χ0v) is 12.2. The van der Waals surface area contributed by atoms with E-state index in [0.717, 1.165) is 11.3 Å². The lowest BCUT2D eigenvalue weighted by Crippen LogP contribution is -2.30. The molecule has 2 aromatic heterocycles. The van der Waals surface area contributed by atoms with E-state index >= 15 is 0 Å². The molecule has 0 fully saturated rings. The average Bonchev–Trinajstić information content (AvgIpc) is 2.94. The molecule has 2 N–H and O–H groups in total. The lowest BCUT2D eigenvalue weighted by Gasteiger charge is -2.06. The lowest BCUT2D eigenvalue weighted by molar-refractivity contribution is -0.167. The zero-order chi connectivity index (χ0) is 17.2. The van der Waals surface area contributed by atoms with Crippen LogP contribution in [0.2, 0.25) is 0 Å². The van der Waals surface area contributed by atoms with Crippen LogP contribution in [-0.4, -0.2) is 26.7 Å². The van der Waals surface area contributed by atoms with E-state index in [4.69, 9.17) is 0 Å². The number of hydrogen-bond donors (Lipinski definition) is 2. The minimum Gasteiger partial charge on any atom is -0.381 e. The molecule has 0 spiro atoms. The molecular formula is C15H12F3N5O. The summed E-state index contributed by atoms with van der Waals surface area (Å²) in [4.78, 5) is 14.8. The summed E-state index contributed by atoms with van der Waals surface area (Å²) < 4.78 is 38.0. The van der Waals surface area contributed by atoms with Crippen molar-refractivity contribution in [2.45, 2.75) is 12.7 Å². The van der Waals surface area contributed by atoms with E-state index in [1.807, 2.05) is 30.3 Å². The second kappa shape index (κ2) is 6.19. The summed E-state index contributed by atoms with van der Waals surface area (Å²) in [6.45, 7) is 0.586. The summed E-state index contributed by atoms with van der Waals surface area (Å²) in [5.74, 6) is -2.52. The Morgan fingerprint density at radius 2 is 1.92 bits per heavy atom. The molecule has 0 saturated heterocycles. The van der Waals surface area contributed by atoms with Crippen LogP contribution in [0.4, 0.5) is 24.8 Å². The summed E-state index contributed by atoms with van der Waals surface area (Å²) in [5.41, 5.74) is 2.12. The highest BCUT2D eigenvalue weighted by Gasteiger charge is 2.39. The Balaban J connectivity index is 1.73. The SMILES string of the molecule is O=C(Nc1nc2cc(NCc3ccccc3)ccn2n1)C(F)(F)F. The van der Waals surface area contributed by atoms with Crippen molar-refractivity contribution in [1.29, 1.82) is 0 Å². The fraction of sp³-hybridized carbons (Fsp3) is 0.133. The third-order valence-electron chi connectivity index (χ3n) is 3.16. The van der Waals surface area contributed by atoms with Crippen LogP contribution in [0.15, 0.2) is 48.7 Å². The molecule has 3 aromatic rings. The molecule has 0 bridgehead atoms. The topological polar surface area (TPSA) is 71.3 Å². The van der Waals surface area contributed by atoms with Crippen molar-refractivity contribution in [3.05, 3.63) is 54.2 Å². The fourth-order valence-corrected chi connectivity index (χ4v) is 2.02. The molecule has 2 heterocycles. The van der Waals surface area contributed by atoms with Crippen LogP contribution in [0, 0.1) is 0 Å². The summed E-state index contributed by atoms with van der Waals surface area (Å²) in [6, 6.07) is 13.0. The van der Waals surface area contributed by atoms with Gasteiger partial charge in [0.2, 0.25) is 5.95 Å². The predicted molar refractivity (Wildman–Crippen MR) is 81.4 cm³/mol. The van der Waals surface area contributed by atoms with Crippen molar-refractivity contribution in [2.24, 2.45) is 0 Å². The van der Waals surface area contributed by atoms with Gasteiger partial charge in [0.15, 0.2) is 5.65 Å². The number of rotatable bonds is 4. The molecule has 0 aliphatic rings. The number of amides is 1. The molecule has 1 amide bonds.